The predicted octanol–water partition coefficient (Wildman–Crippen LogP) is 0.924. The summed E-state index contributed by atoms with van der Waals surface area (Å²) in [5.41, 5.74) is 0.471. The van der Waals surface area contributed by atoms with Crippen molar-refractivity contribution in [3.8, 4) is 11.5 Å². The largest absolute Gasteiger partial charge is 0.497 e. The standard InChI is InChI=1S/C13H20N2O5S/c1-5-21(17,18)15(2)9-13(16)14-10-6-11(19-3)8-12(7-10)20-4/h6-8H,5,9H2,1-4H3,(H,14,16). The smallest absolute Gasteiger partial charge is 0.239 e. The molecule has 0 bridgehead atoms. The third kappa shape index (κ3) is 4.91. The second-order valence-corrected chi connectivity index (χ2v) is 6.67. The van der Waals surface area contributed by atoms with E-state index in [1.807, 2.05) is 0 Å². The molecule has 118 valence electrons. The zero-order valence-corrected chi connectivity index (χ0v) is 13.4. The molecule has 0 spiro atoms. The molecule has 1 amide bonds. The Kier molecular flexibility index (Phi) is 5.98. The molecule has 0 aliphatic heterocycles. The van der Waals surface area contributed by atoms with Crippen LogP contribution in [0.4, 0.5) is 5.69 Å². The summed E-state index contributed by atoms with van der Waals surface area (Å²) in [6.45, 7) is 1.27. The van der Waals surface area contributed by atoms with Gasteiger partial charge in [-0.3, -0.25) is 4.79 Å². The third-order valence-corrected chi connectivity index (χ3v) is 4.65. The Morgan fingerprint density at radius 2 is 1.71 bits per heavy atom. The molecule has 0 unspecified atom stereocenters. The number of carbonyl (C=O) groups excluding carboxylic acids is 1. The van der Waals surface area contributed by atoms with Crippen LogP contribution < -0.4 is 14.8 Å². The first-order valence-corrected chi connectivity index (χ1v) is 7.90. The van der Waals surface area contributed by atoms with Crippen molar-refractivity contribution in [2.45, 2.75) is 6.92 Å². The van der Waals surface area contributed by atoms with Crippen molar-refractivity contribution < 1.29 is 22.7 Å². The van der Waals surface area contributed by atoms with Gasteiger partial charge in [-0.15, -0.1) is 0 Å². The highest BCUT2D eigenvalue weighted by atomic mass is 32.2. The molecule has 0 saturated carbocycles. The van der Waals surface area contributed by atoms with E-state index in [-0.39, 0.29) is 12.3 Å². The van der Waals surface area contributed by atoms with E-state index in [1.54, 1.807) is 18.2 Å². The van der Waals surface area contributed by atoms with Crippen LogP contribution in [0.3, 0.4) is 0 Å². The van der Waals surface area contributed by atoms with E-state index in [0.717, 1.165) is 4.31 Å². The van der Waals surface area contributed by atoms with Crippen LogP contribution >= 0.6 is 0 Å². The normalized spacial score (nSPS) is 11.3. The maximum absolute atomic E-state index is 11.9. The second kappa shape index (κ2) is 7.28. The zero-order valence-electron chi connectivity index (χ0n) is 12.5. The summed E-state index contributed by atoms with van der Waals surface area (Å²) in [7, 11) is 0.981. The highest BCUT2D eigenvalue weighted by Gasteiger charge is 2.18. The minimum Gasteiger partial charge on any atom is -0.497 e. The molecule has 0 aliphatic carbocycles. The molecule has 0 saturated heterocycles. The molecule has 0 heterocycles. The van der Waals surface area contributed by atoms with Crippen molar-refractivity contribution in [2.75, 3.05) is 38.9 Å². The van der Waals surface area contributed by atoms with Crippen LogP contribution in [0.15, 0.2) is 18.2 Å². The van der Waals surface area contributed by atoms with Crippen molar-refractivity contribution in [2.24, 2.45) is 0 Å². The minimum absolute atomic E-state index is 0.0518. The fourth-order valence-corrected chi connectivity index (χ4v) is 2.36. The molecule has 0 radical (unpaired) electrons. The molecule has 21 heavy (non-hydrogen) atoms. The summed E-state index contributed by atoms with van der Waals surface area (Å²) in [6.07, 6.45) is 0. The van der Waals surface area contributed by atoms with Crippen LogP contribution in [0.2, 0.25) is 0 Å². The van der Waals surface area contributed by atoms with Gasteiger partial charge in [0.15, 0.2) is 0 Å². The van der Waals surface area contributed by atoms with Gasteiger partial charge < -0.3 is 14.8 Å². The quantitative estimate of drug-likeness (QED) is 0.808. The molecule has 0 aromatic heterocycles. The molecule has 0 fully saturated rings. The van der Waals surface area contributed by atoms with Crippen molar-refractivity contribution in [1.82, 2.24) is 4.31 Å². The van der Waals surface area contributed by atoms with Crippen LogP contribution in [0.1, 0.15) is 6.92 Å². The molecule has 0 aliphatic rings. The number of likely N-dealkylation sites (N-methyl/N-ethyl adjacent to an activating group) is 1. The lowest BCUT2D eigenvalue weighted by Crippen LogP contribution is -2.35. The van der Waals surface area contributed by atoms with Crippen molar-refractivity contribution in [3.63, 3.8) is 0 Å². The van der Waals surface area contributed by atoms with Crippen molar-refractivity contribution in [1.29, 1.82) is 0 Å². The Labute approximate surface area is 124 Å². The number of ether oxygens (including phenoxy) is 2. The summed E-state index contributed by atoms with van der Waals surface area (Å²) in [6, 6.07) is 4.91. The van der Waals surface area contributed by atoms with E-state index in [4.69, 9.17) is 9.47 Å². The number of nitrogens with one attached hydrogen (secondary N) is 1. The lowest BCUT2D eigenvalue weighted by atomic mass is 10.2. The second-order valence-electron chi connectivity index (χ2n) is 4.31. The zero-order chi connectivity index (χ0) is 16.0. The molecule has 1 aromatic carbocycles. The summed E-state index contributed by atoms with van der Waals surface area (Å²) in [5.74, 6) is 0.562. The molecule has 1 N–H and O–H groups in total. The van der Waals surface area contributed by atoms with Gasteiger partial charge in [0, 0.05) is 30.9 Å². The van der Waals surface area contributed by atoms with Gasteiger partial charge in [0.2, 0.25) is 15.9 Å². The molecule has 8 heteroatoms. The Hall–Kier alpha value is -1.80. The molecule has 0 atom stereocenters. The monoisotopic (exact) mass is 316 g/mol. The minimum atomic E-state index is -3.39. The Bertz CT molecular complexity index is 578. The Balaban J connectivity index is 2.79. The third-order valence-electron chi connectivity index (χ3n) is 2.84. The van der Waals surface area contributed by atoms with Gasteiger partial charge in [-0.2, -0.15) is 4.31 Å². The average molecular weight is 316 g/mol. The van der Waals surface area contributed by atoms with Crippen molar-refractivity contribution >= 4 is 21.6 Å². The fraction of sp³-hybridized carbons (Fsp3) is 0.462. The number of benzene rings is 1. The topological polar surface area (TPSA) is 84.9 Å². The lowest BCUT2D eigenvalue weighted by molar-refractivity contribution is -0.116. The summed E-state index contributed by atoms with van der Waals surface area (Å²) in [4.78, 5) is 11.9. The molecule has 1 rings (SSSR count). The van der Waals surface area contributed by atoms with E-state index in [1.165, 1.54) is 28.2 Å². The number of methoxy groups -OCH3 is 2. The van der Waals surface area contributed by atoms with Crippen LogP contribution in [0, 0.1) is 0 Å². The summed E-state index contributed by atoms with van der Waals surface area (Å²) in [5, 5.41) is 2.61. The van der Waals surface area contributed by atoms with Crippen LogP contribution in [0.5, 0.6) is 11.5 Å². The van der Waals surface area contributed by atoms with Gasteiger partial charge >= 0.3 is 0 Å². The van der Waals surface area contributed by atoms with E-state index in [2.05, 4.69) is 5.32 Å². The highest BCUT2D eigenvalue weighted by molar-refractivity contribution is 7.89. The Morgan fingerprint density at radius 1 is 1.19 bits per heavy atom. The molecular weight excluding hydrogens is 296 g/mol. The summed E-state index contributed by atoms with van der Waals surface area (Å²) < 4.78 is 34.4. The number of hydrogen-bond acceptors (Lipinski definition) is 5. The van der Waals surface area contributed by atoms with Gasteiger partial charge in [0.1, 0.15) is 11.5 Å². The van der Waals surface area contributed by atoms with Crippen LogP contribution in [0.25, 0.3) is 0 Å². The van der Waals surface area contributed by atoms with Crippen molar-refractivity contribution in [3.05, 3.63) is 18.2 Å². The van der Waals surface area contributed by atoms with Gasteiger partial charge in [-0.05, 0) is 6.92 Å². The molecule has 7 nitrogen and oxygen atoms in total. The number of hydrogen-bond donors (Lipinski definition) is 1. The van der Waals surface area contributed by atoms with E-state index >= 15 is 0 Å². The number of nitrogens with zero attached hydrogens (tertiary/aromatic N) is 1. The number of rotatable bonds is 7. The molecule has 1 aromatic rings. The highest BCUT2D eigenvalue weighted by Crippen LogP contribution is 2.25. The number of anilines is 1. The summed E-state index contributed by atoms with van der Waals surface area (Å²) >= 11 is 0. The van der Waals surface area contributed by atoms with Gasteiger partial charge in [0.25, 0.3) is 0 Å². The van der Waals surface area contributed by atoms with E-state index < -0.39 is 15.9 Å². The van der Waals surface area contributed by atoms with Gasteiger partial charge in [-0.1, -0.05) is 0 Å². The first-order chi connectivity index (χ1) is 9.82. The van der Waals surface area contributed by atoms with E-state index in [9.17, 15) is 13.2 Å². The Morgan fingerprint density at radius 3 is 2.14 bits per heavy atom. The predicted molar refractivity (Wildman–Crippen MR) is 80.3 cm³/mol. The fourth-order valence-electron chi connectivity index (χ4n) is 1.60. The van der Waals surface area contributed by atoms with Crippen LogP contribution in [-0.4, -0.2) is 52.2 Å². The first kappa shape index (κ1) is 17.3. The van der Waals surface area contributed by atoms with Gasteiger partial charge in [0.05, 0.1) is 26.5 Å². The SMILES string of the molecule is CCS(=O)(=O)N(C)CC(=O)Nc1cc(OC)cc(OC)c1. The maximum Gasteiger partial charge on any atom is 0.239 e. The number of sulfonamides is 1. The first-order valence-electron chi connectivity index (χ1n) is 6.29. The van der Waals surface area contributed by atoms with Gasteiger partial charge in [-0.25, -0.2) is 8.42 Å². The maximum atomic E-state index is 11.9. The number of amides is 1. The lowest BCUT2D eigenvalue weighted by Gasteiger charge is -2.16. The molecular formula is C13H20N2O5S. The van der Waals surface area contributed by atoms with E-state index in [0.29, 0.717) is 17.2 Å². The number of carbonyl (C=O) groups is 1. The average Bonchev–Trinajstić information content (AvgIpc) is 2.46. The van der Waals surface area contributed by atoms with Crippen LogP contribution in [-0.2, 0) is 14.8 Å².